The van der Waals surface area contributed by atoms with Crippen LogP contribution in [0.4, 0.5) is 0 Å². The van der Waals surface area contributed by atoms with E-state index in [1.807, 2.05) is 0 Å². The Bertz CT molecular complexity index is 159. The zero-order valence-corrected chi connectivity index (χ0v) is 7.95. The molecular formula is C9H17NO3. The Labute approximate surface area is 78.6 Å². The van der Waals surface area contributed by atoms with Crippen LogP contribution in [-0.4, -0.2) is 37.4 Å². The number of nitrogens with one attached hydrogen (secondary N) is 1. The summed E-state index contributed by atoms with van der Waals surface area (Å²) >= 11 is 0. The lowest BCUT2D eigenvalue weighted by Crippen LogP contribution is -2.33. The van der Waals surface area contributed by atoms with E-state index in [1.54, 1.807) is 13.1 Å². The fraction of sp³-hybridized carbons (Fsp3) is 0.667. The number of carbonyl (C=O) groups is 1. The van der Waals surface area contributed by atoms with Crippen molar-refractivity contribution in [3.05, 3.63) is 12.7 Å². The molecule has 1 atom stereocenters. The van der Waals surface area contributed by atoms with Crippen LogP contribution in [0, 0.1) is 0 Å². The SMILES string of the molecule is C=CCOCCC[C@H](NC)C(=O)O. The lowest BCUT2D eigenvalue weighted by Gasteiger charge is -2.10. The highest BCUT2D eigenvalue weighted by Crippen LogP contribution is 1.97. The zero-order valence-electron chi connectivity index (χ0n) is 7.95. The van der Waals surface area contributed by atoms with Crippen molar-refractivity contribution < 1.29 is 14.6 Å². The monoisotopic (exact) mass is 187 g/mol. The molecule has 0 aromatic heterocycles. The number of hydrogen-bond acceptors (Lipinski definition) is 3. The lowest BCUT2D eigenvalue weighted by atomic mass is 10.2. The quantitative estimate of drug-likeness (QED) is 0.432. The number of likely N-dealkylation sites (N-methyl/N-ethyl adjacent to an activating group) is 1. The molecule has 0 spiro atoms. The van der Waals surface area contributed by atoms with Crippen LogP contribution in [0.25, 0.3) is 0 Å². The normalized spacial score (nSPS) is 12.4. The molecule has 0 unspecified atom stereocenters. The molecule has 0 aliphatic rings. The van der Waals surface area contributed by atoms with E-state index in [1.165, 1.54) is 0 Å². The van der Waals surface area contributed by atoms with Gasteiger partial charge in [-0.1, -0.05) is 6.08 Å². The smallest absolute Gasteiger partial charge is 0.320 e. The van der Waals surface area contributed by atoms with Crippen molar-refractivity contribution in [1.82, 2.24) is 5.32 Å². The highest BCUT2D eigenvalue weighted by Gasteiger charge is 2.13. The van der Waals surface area contributed by atoms with Gasteiger partial charge in [0, 0.05) is 6.61 Å². The maximum atomic E-state index is 10.5. The van der Waals surface area contributed by atoms with Gasteiger partial charge in [0.2, 0.25) is 0 Å². The van der Waals surface area contributed by atoms with E-state index in [0.29, 0.717) is 19.6 Å². The highest BCUT2D eigenvalue weighted by atomic mass is 16.5. The van der Waals surface area contributed by atoms with Crippen LogP contribution in [0.1, 0.15) is 12.8 Å². The predicted molar refractivity (Wildman–Crippen MR) is 50.7 cm³/mol. The molecule has 4 heteroatoms. The van der Waals surface area contributed by atoms with Crippen molar-refractivity contribution in [2.24, 2.45) is 0 Å². The molecule has 0 aliphatic carbocycles. The van der Waals surface area contributed by atoms with Crippen LogP contribution in [0.2, 0.25) is 0 Å². The third-order valence-electron chi connectivity index (χ3n) is 1.66. The van der Waals surface area contributed by atoms with Gasteiger partial charge in [-0.05, 0) is 19.9 Å². The fourth-order valence-electron chi connectivity index (χ4n) is 0.947. The van der Waals surface area contributed by atoms with Gasteiger partial charge in [0.05, 0.1) is 6.61 Å². The molecule has 0 saturated carbocycles. The van der Waals surface area contributed by atoms with Gasteiger partial charge in [-0.3, -0.25) is 4.79 Å². The number of carboxylic acid groups (broad SMARTS) is 1. The first kappa shape index (κ1) is 12.1. The molecule has 0 bridgehead atoms. The van der Waals surface area contributed by atoms with Crippen LogP contribution in [-0.2, 0) is 9.53 Å². The number of carboxylic acids is 1. The zero-order chi connectivity index (χ0) is 10.1. The molecule has 0 fully saturated rings. The Morgan fingerprint density at radius 1 is 1.77 bits per heavy atom. The standard InChI is InChI=1S/C9H17NO3/c1-3-6-13-7-4-5-8(10-2)9(11)12/h3,8,10H,1,4-7H2,2H3,(H,11,12)/t8-/m0/s1. The highest BCUT2D eigenvalue weighted by molar-refractivity contribution is 5.73. The van der Waals surface area contributed by atoms with Gasteiger partial charge >= 0.3 is 5.97 Å². The second kappa shape index (κ2) is 7.76. The predicted octanol–water partition coefficient (Wildman–Crippen LogP) is 0.642. The topological polar surface area (TPSA) is 58.6 Å². The van der Waals surface area contributed by atoms with Gasteiger partial charge in [-0.2, -0.15) is 0 Å². The van der Waals surface area contributed by atoms with Crippen LogP contribution >= 0.6 is 0 Å². The molecule has 0 aromatic carbocycles. The number of aliphatic carboxylic acids is 1. The summed E-state index contributed by atoms with van der Waals surface area (Å²) in [5, 5.41) is 11.4. The molecule has 4 nitrogen and oxygen atoms in total. The van der Waals surface area contributed by atoms with Crippen molar-refractivity contribution in [2.45, 2.75) is 18.9 Å². The Hall–Kier alpha value is -0.870. The molecule has 13 heavy (non-hydrogen) atoms. The molecular weight excluding hydrogens is 170 g/mol. The summed E-state index contributed by atoms with van der Waals surface area (Å²) in [4.78, 5) is 10.5. The van der Waals surface area contributed by atoms with Crippen molar-refractivity contribution >= 4 is 5.97 Å². The average Bonchev–Trinajstić information content (AvgIpc) is 2.10. The van der Waals surface area contributed by atoms with Crippen molar-refractivity contribution in [2.75, 3.05) is 20.3 Å². The van der Waals surface area contributed by atoms with Crippen LogP contribution in [0.3, 0.4) is 0 Å². The summed E-state index contributed by atoms with van der Waals surface area (Å²) in [7, 11) is 1.64. The van der Waals surface area contributed by atoms with E-state index < -0.39 is 12.0 Å². The fourth-order valence-corrected chi connectivity index (χ4v) is 0.947. The molecule has 0 saturated heterocycles. The molecule has 0 heterocycles. The maximum absolute atomic E-state index is 10.5. The molecule has 0 rings (SSSR count). The van der Waals surface area contributed by atoms with Crippen LogP contribution in [0.15, 0.2) is 12.7 Å². The summed E-state index contributed by atoms with van der Waals surface area (Å²) in [5.74, 6) is -0.814. The minimum atomic E-state index is -0.814. The van der Waals surface area contributed by atoms with Crippen LogP contribution in [0.5, 0.6) is 0 Å². The van der Waals surface area contributed by atoms with Crippen LogP contribution < -0.4 is 5.32 Å². The summed E-state index contributed by atoms with van der Waals surface area (Å²) in [6, 6.07) is -0.465. The van der Waals surface area contributed by atoms with Crippen molar-refractivity contribution in [1.29, 1.82) is 0 Å². The lowest BCUT2D eigenvalue weighted by molar-refractivity contribution is -0.139. The van der Waals surface area contributed by atoms with E-state index >= 15 is 0 Å². The Morgan fingerprint density at radius 2 is 2.46 bits per heavy atom. The summed E-state index contributed by atoms with van der Waals surface area (Å²) in [5.41, 5.74) is 0. The van der Waals surface area contributed by atoms with E-state index in [-0.39, 0.29) is 0 Å². The van der Waals surface area contributed by atoms with E-state index in [0.717, 1.165) is 6.42 Å². The number of hydrogen-bond donors (Lipinski definition) is 2. The van der Waals surface area contributed by atoms with Gasteiger partial charge in [0.1, 0.15) is 6.04 Å². The first-order valence-electron chi connectivity index (χ1n) is 4.31. The first-order valence-corrected chi connectivity index (χ1v) is 4.31. The Balaban J connectivity index is 3.38. The third-order valence-corrected chi connectivity index (χ3v) is 1.66. The minimum absolute atomic E-state index is 0.465. The minimum Gasteiger partial charge on any atom is -0.480 e. The van der Waals surface area contributed by atoms with E-state index in [2.05, 4.69) is 11.9 Å². The largest absolute Gasteiger partial charge is 0.480 e. The molecule has 2 N–H and O–H groups in total. The van der Waals surface area contributed by atoms with Crippen molar-refractivity contribution in [3.63, 3.8) is 0 Å². The molecule has 0 amide bonds. The van der Waals surface area contributed by atoms with Gasteiger partial charge in [-0.25, -0.2) is 0 Å². The van der Waals surface area contributed by atoms with E-state index in [4.69, 9.17) is 9.84 Å². The van der Waals surface area contributed by atoms with Gasteiger partial charge in [0.15, 0.2) is 0 Å². The van der Waals surface area contributed by atoms with Gasteiger partial charge in [-0.15, -0.1) is 6.58 Å². The molecule has 76 valence electrons. The third kappa shape index (κ3) is 6.31. The summed E-state index contributed by atoms with van der Waals surface area (Å²) < 4.78 is 5.12. The van der Waals surface area contributed by atoms with Crippen molar-refractivity contribution in [3.8, 4) is 0 Å². The second-order valence-corrected chi connectivity index (χ2v) is 2.69. The molecule has 0 aliphatic heterocycles. The van der Waals surface area contributed by atoms with Gasteiger partial charge < -0.3 is 15.2 Å². The Morgan fingerprint density at radius 3 is 2.92 bits per heavy atom. The molecule has 0 radical (unpaired) electrons. The average molecular weight is 187 g/mol. The van der Waals surface area contributed by atoms with Gasteiger partial charge in [0.25, 0.3) is 0 Å². The van der Waals surface area contributed by atoms with E-state index in [9.17, 15) is 4.79 Å². The summed E-state index contributed by atoms with van der Waals surface area (Å²) in [6.07, 6.45) is 3.00. The number of ether oxygens (including phenoxy) is 1. The number of rotatable bonds is 8. The maximum Gasteiger partial charge on any atom is 0.320 e. The Kier molecular flexibility index (Phi) is 7.24. The summed E-state index contributed by atoms with van der Waals surface area (Å²) in [6.45, 7) is 4.61. The molecule has 0 aromatic rings. The second-order valence-electron chi connectivity index (χ2n) is 2.69. The first-order chi connectivity index (χ1) is 6.22.